The molecule has 0 aliphatic carbocycles. The monoisotopic (exact) mass is 272 g/mol. The van der Waals surface area contributed by atoms with Crippen LogP contribution in [-0.2, 0) is 0 Å². The molecule has 0 spiro atoms. The van der Waals surface area contributed by atoms with Gasteiger partial charge in [-0.25, -0.2) is 13.2 Å². The van der Waals surface area contributed by atoms with Crippen molar-refractivity contribution in [2.45, 2.75) is 31.8 Å². The van der Waals surface area contributed by atoms with E-state index < -0.39 is 28.9 Å². The van der Waals surface area contributed by atoms with Crippen molar-refractivity contribution in [2.75, 3.05) is 6.54 Å². The van der Waals surface area contributed by atoms with Crippen LogP contribution in [0.2, 0.25) is 0 Å². The summed E-state index contributed by atoms with van der Waals surface area (Å²) in [5.41, 5.74) is 5.07. The summed E-state index contributed by atoms with van der Waals surface area (Å²) in [6.45, 7) is 2.12. The molecule has 1 heterocycles. The lowest BCUT2D eigenvalue weighted by atomic mass is 9.98. The van der Waals surface area contributed by atoms with E-state index in [9.17, 15) is 18.0 Å². The lowest BCUT2D eigenvalue weighted by molar-refractivity contribution is 0.0609. The number of halogens is 3. The fourth-order valence-electron chi connectivity index (χ4n) is 2.40. The Hall–Kier alpha value is -1.56. The van der Waals surface area contributed by atoms with Gasteiger partial charge in [0.05, 0.1) is 0 Å². The molecule has 0 aromatic heterocycles. The summed E-state index contributed by atoms with van der Waals surface area (Å²) in [6, 6.07) is 0.815. The highest BCUT2D eigenvalue weighted by Crippen LogP contribution is 2.22. The number of carbonyl (C=O) groups is 1. The van der Waals surface area contributed by atoms with E-state index in [4.69, 9.17) is 5.73 Å². The molecule has 1 aromatic carbocycles. The van der Waals surface area contributed by atoms with Gasteiger partial charge in [-0.2, -0.15) is 0 Å². The van der Waals surface area contributed by atoms with E-state index in [0.29, 0.717) is 31.5 Å². The Bertz CT molecular complexity index is 484. The van der Waals surface area contributed by atoms with Crippen LogP contribution in [-0.4, -0.2) is 29.4 Å². The largest absolute Gasteiger partial charge is 0.336 e. The average Bonchev–Trinajstić information content (AvgIpc) is 2.26. The van der Waals surface area contributed by atoms with Crippen LogP contribution >= 0.6 is 0 Å². The van der Waals surface area contributed by atoms with Gasteiger partial charge >= 0.3 is 0 Å². The first-order chi connectivity index (χ1) is 8.90. The number of benzene rings is 1. The number of hydrogen-bond donors (Lipinski definition) is 1. The van der Waals surface area contributed by atoms with Gasteiger partial charge in [0, 0.05) is 30.8 Å². The molecule has 104 valence electrons. The van der Waals surface area contributed by atoms with Crippen LogP contribution in [0.5, 0.6) is 0 Å². The Morgan fingerprint density at radius 3 is 2.42 bits per heavy atom. The fourth-order valence-corrected chi connectivity index (χ4v) is 2.40. The van der Waals surface area contributed by atoms with Crippen molar-refractivity contribution >= 4 is 5.91 Å². The predicted molar refractivity (Wildman–Crippen MR) is 64.0 cm³/mol. The molecule has 1 amide bonds. The normalized spacial score (nSPS) is 23.5. The van der Waals surface area contributed by atoms with E-state index in [1.807, 2.05) is 0 Å². The molecule has 1 aliphatic heterocycles. The minimum absolute atomic E-state index is 0.0121. The highest BCUT2D eigenvalue weighted by atomic mass is 19.1. The number of rotatable bonds is 1. The van der Waals surface area contributed by atoms with Crippen LogP contribution in [0.1, 0.15) is 30.1 Å². The van der Waals surface area contributed by atoms with Crippen LogP contribution in [0.25, 0.3) is 0 Å². The number of nitrogens with two attached hydrogens (primary N) is 1. The molecular weight excluding hydrogens is 257 g/mol. The highest BCUT2D eigenvalue weighted by Gasteiger charge is 2.31. The van der Waals surface area contributed by atoms with E-state index in [-0.39, 0.29) is 12.1 Å². The fraction of sp³-hybridized carbons (Fsp3) is 0.462. The summed E-state index contributed by atoms with van der Waals surface area (Å²) >= 11 is 0. The summed E-state index contributed by atoms with van der Waals surface area (Å²) in [5, 5.41) is 0. The number of likely N-dealkylation sites (tertiary alicyclic amines) is 1. The van der Waals surface area contributed by atoms with Crippen molar-refractivity contribution in [1.29, 1.82) is 0 Å². The van der Waals surface area contributed by atoms with Crippen LogP contribution < -0.4 is 5.73 Å². The number of amides is 1. The molecule has 2 atom stereocenters. The zero-order valence-corrected chi connectivity index (χ0v) is 10.5. The molecule has 0 saturated carbocycles. The number of nitrogens with zero attached hydrogens (tertiary/aromatic N) is 1. The van der Waals surface area contributed by atoms with Crippen molar-refractivity contribution in [1.82, 2.24) is 4.90 Å². The van der Waals surface area contributed by atoms with Gasteiger partial charge < -0.3 is 10.6 Å². The first-order valence-electron chi connectivity index (χ1n) is 6.11. The standard InChI is InChI=1S/C13H15F3N2O/c1-7-4-9(17)2-3-18(7)13(19)12-10(15)5-8(14)6-11(12)16/h5-7,9H,2-4,17H2,1H3. The summed E-state index contributed by atoms with van der Waals surface area (Å²) in [6.07, 6.45) is 1.16. The SMILES string of the molecule is CC1CC(N)CCN1C(=O)c1c(F)cc(F)cc1F. The molecule has 0 bridgehead atoms. The lowest BCUT2D eigenvalue weighted by Crippen LogP contribution is -2.48. The molecule has 2 N–H and O–H groups in total. The van der Waals surface area contributed by atoms with Crippen LogP contribution in [0.4, 0.5) is 13.2 Å². The molecular formula is C13H15F3N2O. The lowest BCUT2D eigenvalue weighted by Gasteiger charge is -2.36. The zero-order chi connectivity index (χ0) is 14.2. The van der Waals surface area contributed by atoms with Gasteiger partial charge in [-0.3, -0.25) is 4.79 Å². The Morgan fingerprint density at radius 1 is 1.32 bits per heavy atom. The summed E-state index contributed by atoms with van der Waals surface area (Å²) < 4.78 is 40.0. The summed E-state index contributed by atoms with van der Waals surface area (Å²) in [4.78, 5) is 13.5. The molecule has 19 heavy (non-hydrogen) atoms. The number of hydrogen-bond acceptors (Lipinski definition) is 2. The van der Waals surface area contributed by atoms with Crippen molar-refractivity contribution < 1.29 is 18.0 Å². The van der Waals surface area contributed by atoms with E-state index in [1.165, 1.54) is 4.90 Å². The summed E-state index contributed by atoms with van der Waals surface area (Å²) in [7, 11) is 0. The van der Waals surface area contributed by atoms with Crippen LogP contribution in [0.15, 0.2) is 12.1 Å². The second-order valence-electron chi connectivity index (χ2n) is 4.88. The van der Waals surface area contributed by atoms with Crippen molar-refractivity contribution in [3.63, 3.8) is 0 Å². The maximum Gasteiger partial charge on any atom is 0.260 e. The minimum Gasteiger partial charge on any atom is -0.336 e. The van der Waals surface area contributed by atoms with Gasteiger partial charge in [-0.1, -0.05) is 0 Å². The Labute approximate surface area is 109 Å². The molecule has 1 saturated heterocycles. The minimum atomic E-state index is -1.18. The van der Waals surface area contributed by atoms with Gasteiger partial charge in [-0.05, 0) is 19.8 Å². The zero-order valence-electron chi connectivity index (χ0n) is 10.5. The van der Waals surface area contributed by atoms with Crippen LogP contribution in [0, 0.1) is 17.5 Å². The molecule has 6 heteroatoms. The smallest absolute Gasteiger partial charge is 0.260 e. The maximum atomic E-state index is 13.6. The second-order valence-corrected chi connectivity index (χ2v) is 4.88. The van der Waals surface area contributed by atoms with Gasteiger partial charge in [0.1, 0.15) is 23.0 Å². The third-order valence-corrected chi connectivity index (χ3v) is 3.40. The van der Waals surface area contributed by atoms with Crippen LogP contribution in [0.3, 0.4) is 0 Å². The molecule has 2 unspecified atom stereocenters. The number of piperidine rings is 1. The third-order valence-electron chi connectivity index (χ3n) is 3.40. The van der Waals surface area contributed by atoms with Crippen molar-refractivity contribution in [2.24, 2.45) is 5.73 Å². The van der Waals surface area contributed by atoms with Crippen molar-refractivity contribution in [3.8, 4) is 0 Å². The topological polar surface area (TPSA) is 46.3 Å². The molecule has 3 nitrogen and oxygen atoms in total. The number of carbonyl (C=O) groups excluding carboxylic acids is 1. The highest BCUT2D eigenvalue weighted by molar-refractivity contribution is 5.95. The molecule has 2 rings (SSSR count). The predicted octanol–water partition coefficient (Wildman–Crippen LogP) is 2.06. The summed E-state index contributed by atoms with van der Waals surface area (Å²) in [5.74, 6) is -4.15. The van der Waals surface area contributed by atoms with E-state index >= 15 is 0 Å². The first kappa shape index (κ1) is 13.9. The molecule has 0 radical (unpaired) electrons. The molecule has 1 aromatic rings. The quantitative estimate of drug-likeness (QED) is 0.850. The van der Waals surface area contributed by atoms with E-state index in [0.717, 1.165) is 0 Å². The Kier molecular flexibility index (Phi) is 3.80. The molecule has 1 fully saturated rings. The third kappa shape index (κ3) is 2.73. The average molecular weight is 272 g/mol. The Balaban J connectivity index is 2.30. The van der Waals surface area contributed by atoms with Gasteiger partial charge in [0.2, 0.25) is 0 Å². The maximum absolute atomic E-state index is 13.6. The molecule has 1 aliphatic rings. The van der Waals surface area contributed by atoms with Gasteiger partial charge in [0.15, 0.2) is 0 Å². The van der Waals surface area contributed by atoms with E-state index in [2.05, 4.69) is 0 Å². The first-order valence-corrected chi connectivity index (χ1v) is 6.11. The Morgan fingerprint density at radius 2 is 1.89 bits per heavy atom. The van der Waals surface area contributed by atoms with Gasteiger partial charge in [0.25, 0.3) is 5.91 Å². The van der Waals surface area contributed by atoms with Crippen molar-refractivity contribution in [3.05, 3.63) is 35.1 Å². The second kappa shape index (κ2) is 5.21. The van der Waals surface area contributed by atoms with Gasteiger partial charge in [-0.15, -0.1) is 0 Å². The van der Waals surface area contributed by atoms with E-state index in [1.54, 1.807) is 6.92 Å².